The molecule has 37 heavy (non-hydrogen) atoms. The quantitative estimate of drug-likeness (QED) is 0.131. The lowest BCUT2D eigenvalue weighted by Crippen LogP contribution is -2.64. The molecule has 4 N–H and O–H groups in total. The zero-order chi connectivity index (χ0) is 27.3. The van der Waals surface area contributed by atoms with E-state index in [2.05, 4.69) is 13.8 Å². The van der Waals surface area contributed by atoms with Gasteiger partial charge in [0, 0.05) is 13.0 Å². The van der Waals surface area contributed by atoms with Crippen molar-refractivity contribution in [1.82, 2.24) is 4.90 Å². The van der Waals surface area contributed by atoms with Gasteiger partial charge in [-0.2, -0.15) is 0 Å². The van der Waals surface area contributed by atoms with Crippen molar-refractivity contribution in [2.45, 2.75) is 173 Å². The minimum absolute atomic E-state index is 0.0943. The number of amides is 1. The molecule has 0 aromatic carbocycles. The van der Waals surface area contributed by atoms with Gasteiger partial charge in [0.1, 0.15) is 24.4 Å². The molecule has 7 nitrogen and oxygen atoms in total. The molecule has 1 fully saturated rings. The van der Waals surface area contributed by atoms with Crippen LogP contribution >= 0.6 is 0 Å². The highest BCUT2D eigenvalue weighted by Crippen LogP contribution is 2.25. The molecule has 1 amide bonds. The van der Waals surface area contributed by atoms with Gasteiger partial charge in [0.25, 0.3) is 0 Å². The van der Waals surface area contributed by atoms with Crippen molar-refractivity contribution in [3.05, 3.63) is 0 Å². The average molecular weight is 530 g/mol. The molecule has 1 saturated heterocycles. The zero-order valence-corrected chi connectivity index (χ0v) is 24.0. The van der Waals surface area contributed by atoms with Crippen LogP contribution in [0.1, 0.15) is 142 Å². The van der Waals surface area contributed by atoms with E-state index in [0.717, 1.165) is 38.5 Å². The van der Waals surface area contributed by atoms with Gasteiger partial charge in [-0.25, -0.2) is 0 Å². The van der Waals surface area contributed by atoms with Crippen LogP contribution in [-0.4, -0.2) is 75.0 Å². The molecule has 0 radical (unpaired) electrons. The van der Waals surface area contributed by atoms with E-state index in [-0.39, 0.29) is 5.91 Å². The van der Waals surface area contributed by atoms with Gasteiger partial charge in [0.2, 0.25) is 5.91 Å². The lowest BCUT2D eigenvalue weighted by atomic mass is 9.97. The highest BCUT2D eigenvalue weighted by molar-refractivity contribution is 5.76. The normalized spacial score (nSPS) is 23.9. The van der Waals surface area contributed by atoms with Crippen molar-refractivity contribution in [3.8, 4) is 0 Å². The summed E-state index contributed by atoms with van der Waals surface area (Å²) in [6, 6.07) is 0. The van der Waals surface area contributed by atoms with Crippen molar-refractivity contribution >= 4 is 5.91 Å². The maximum atomic E-state index is 13.2. The van der Waals surface area contributed by atoms with Crippen molar-refractivity contribution in [2.75, 3.05) is 13.2 Å². The van der Waals surface area contributed by atoms with E-state index >= 15 is 0 Å². The molecule has 5 atom stereocenters. The molecule has 0 spiro atoms. The fourth-order valence-corrected chi connectivity index (χ4v) is 5.23. The molecular weight excluding hydrogens is 470 g/mol. The summed E-state index contributed by atoms with van der Waals surface area (Å²) in [5.74, 6) is -0.0943. The Hall–Kier alpha value is -0.730. The molecule has 1 aliphatic rings. The maximum absolute atomic E-state index is 13.2. The van der Waals surface area contributed by atoms with Gasteiger partial charge in [-0.15, -0.1) is 0 Å². The summed E-state index contributed by atoms with van der Waals surface area (Å²) in [6.45, 7) is 4.41. The Labute approximate surface area is 227 Å². The third-order valence-corrected chi connectivity index (χ3v) is 7.74. The maximum Gasteiger partial charge on any atom is 0.224 e. The van der Waals surface area contributed by atoms with Crippen LogP contribution < -0.4 is 0 Å². The molecular formula is C30H59NO6. The van der Waals surface area contributed by atoms with Crippen LogP contribution in [-0.2, 0) is 9.53 Å². The van der Waals surface area contributed by atoms with Crippen LogP contribution in [0.3, 0.4) is 0 Å². The van der Waals surface area contributed by atoms with Gasteiger partial charge in [0.15, 0.2) is 6.23 Å². The molecule has 1 rings (SSSR count). The summed E-state index contributed by atoms with van der Waals surface area (Å²) >= 11 is 0. The Morgan fingerprint density at radius 2 is 1.05 bits per heavy atom. The largest absolute Gasteiger partial charge is 0.394 e. The topological polar surface area (TPSA) is 110 Å². The van der Waals surface area contributed by atoms with Crippen molar-refractivity contribution in [3.63, 3.8) is 0 Å². The number of carbonyl (C=O) groups excluding carboxylic acids is 1. The van der Waals surface area contributed by atoms with Crippen LogP contribution in [0, 0.1) is 0 Å². The van der Waals surface area contributed by atoms with Crippen LogP contribution in [0.4, 0.5) is 0 Å². The Bertz CT molecular complexity index is 546. The molecule has 220 valence electrons. The number of hydrogen-bond acceptors (Lipinski definition) is 6. The molecule has 0 bridgehead atoms. The molecule has 0 saturated carbocycles. The zero-order valence-electron chi connectivity index (χ0n) is 24.0. The summed E-state index contributed by atoms with van der Waals surface area (Å²) in [4.78, 5) is 14.7. The second-order valence-corrected chi connectivity index (χ2v) is 11.1. The van der Waals surface area contributed by atoms with Gasteiger partial charge < -0.3 is 30.1 Å². The molecule has 1 aliphatic heterocycles. The summed E-state index contributed by atoms with van der Waals surface area (Å²) in [6.07, 6.45) is 16.4. The van der Waals surface area contributed by atoms with E-state index in [1.54, 1.807) is 0 Å². The third kappa shape index (κ3) is 14.3. The number of aliphatic hydroxyl groups excluding tert-OH is 4. The van der Waals surface area contributed by atoms with Gasteiger partial charge in [-0.05, 0) is 12.8 Å². The fraction of sp³-hybridized carbons (Fsp3) is 0.967. The molecule has 0 aromatic rings. The Balaban J connectivity index is 2.49. The number of ether oxygens (including phenoxy) is 1. The summed E-state index contributed by atoms with van der Waals surface area (Å²) in [5, 5.41) is 40.6. The number of aliphatic hydroxyl groups is 4. The van der Waals surface area contributed by atoms with Gasteiger partial charge >= 0.3 is 0 Å². The highest BCUT2D eigenvalue weighted by atomic mass is 16.6. The summed E-state index contributed by atoms with van der Waals surface area (Å²) in [5.41, 5.74) is 0. The first-order chi connectivity index (χ1) is 18.0. The number of rotatable bonds is 23. The van der Waals surface area contributed by atoms with E-state index in [1.165, 1.54) is 88.4 Å². The Morgan fingerprint density at radius 3 is 1.51 bits per heavy atom. The van der Waals surface area contributed by atoms with E-state index in [4.69, 9.17) is 4.74 Å². The number of nitrogens with zero attached hydrogens (tertiary/aromatic N) is 1. The first-order valence-corrected chi connectivity index (χ1v) is 15.6. The SMILES string of the molecule is CCCCCCCCCCCCN(C(=O)CCCCCCCCCCC)[C@@H]1O[C@H](CO)[C@@H](O)[C@H](O)[C@H]1O. The third-order valence-electron chi connectivity index (χ3n) is 7.74. The molecule has 0 aromatic heterocycles. The smallest absolute Gasteiger partial charge is 0.224 e. The van der Waals surface area contributed by atoms with E-state index in [1.807, 2.05) is 0 Å². The van der Waals surface area contributed by atoms with Crippen LogP contribution in [0.25, 0.3) is 0 Å². The minimum atomic E-state index is -1.47. The first kappa shape index (κ1) is 34.3. The summed E-state index contributed by atoms with van der Waals surface area (Å²) < 4.78 is 5.74. The number of carbonyl (C=O) groups is 1. The molecule has 0 aliphatic carbocycles. The number of unbranched alkanes of at least 4 members (excludes halogenated alkanes) is 17. The molecule has 0 unspecified atom stereocenters. The van der Waals surface area contributed by atoms with E-state index < -0.39 is 37.3 Å². The van der Waals surface area contributed by atoms with Crippen LogP contribution in [0.2, 0.25) is 0 Å². The van der Waals surface area contributed by atoms with Crippen molar-refractivity contribution in [1.29, 1.82) is 0 Å². The minimum Gasteiger partial charge on any atom is -0.394 e. The van der Waals surface area contributed by atoms with Gasteiger partial charge in [-0.1, -0.05) is 123 Å². The van der Waals surface area contributed by atoms with Gasteiger partial charge in [-0.3, -0.25) is 4.79 Å². The van der Waals surface area contributed by atoms with E-state index in [0.29, 0.717) is 13.0 Å². The van der Waals surface area contributed by atoms with E-state index in [9.17, 15) is 25.2 Å². The van der Waals surface area contributed by atoms with Gasteiger partial charge in [0.05, 0.1) is 6.61 Å². The second-order valence-electron chi connectivity index (χ2n) is 11.1. The van der Waals surface area contributed by atoms with Crippen LogP contribution in [0.15, 0.2) is 0 Å². The molecule has 7 heteroatoms. The Kier molecular flexibility index (Phi) is 20.5. The standard InChI is InChI=1S/C30H59NO6/c1-3-5-7-9-11-13-15-17-19-21-23-31(30-29(36)28(35)27(34)25(24-32)37-30)26(33)22-20-18-16-14-12-10-8-6-4-2/h25,27-30,32,34-36H,3-24H2,1-2H3/t25-,27-,28+,29-,30-/m1/s1. The lowest BCUT2D eigenvalue weighted by Gasteiger charge is -2.44. The van der Waals surface area contributed by atoms with Crippen molar-refractivity contribution < 1.29 is 30.0 Å². The van der Waals surface area contributed by atoms with Crippen LogP contribution in [0.5, 0.6) is 0 Å². The summed E-state index contributed by atoms with van der Waals surface area (Å²) in [7, 11) is 0. The fourth-order valence-electron chi connectivity index (χ4n) is 5.23. The Morgan fingerprint density at radius 1 is 0.622 bits per heavy atom. The molecule has 1 heterocycles. The highest BCUT2D eigenvalue weighted by Gasteiger charge is 2.46. The predicted molar refractivity (Wildman–Crippen MR) is 149 cm³/mol. The monoisotopic (exact) mass is 529 g/mol. The lowest BCUT2D eigenvalue weighted by molar-refractivity contribution is -0.262. The predicted octanol–water partition coefficient (Wildman–Crippen LogP) is 5.46. The second kappa shape index (κ2) is 22.1. The first-order valence-electron chi connectivity index (χ1n) is 15.6. The average Bonchev–Trinajstić information content (AvgIpc) is 2.90. The van der Waals surface area contributed by atoms with Crippen molar-refractivity contribution in [2.24, 2.45) is 0 Å². The number of hydrogen-bond donors (Lipinski definition) is 4.